The number of nitrogens with zero attached hydrogens (tertiary/aromatic N) is 1. The van der Waals surface area contributed by atoms with Crippen molar-refractivity contribution in [1.29, 1.82) is 5.26 Å². The van der Waals surface area contributed by atoms with Gasteiger partial charge < -0.3 is 10.1 Å². The van der Waals surface area contributed by atoms with Crippen LogP contribution >= 0.6 is 0 Å². The molecule has 0 saturated heterocycles. The Hall–Kier alpha value is -1.22. The number of nitrogens with one attached hydrogen (secondary N) is 1. The summed E-state index contributed by atoms with van der Waals surface area (Å²) in [6.45, 7) is 2.64. The molecule has 0 aliphatic heterocycles. The quantitative estimate of drug-likeness (QED) is 0.678. The number of hydrogen-bond acceptors (Lipinski definition) is 3. The van der Waals surface area contributed by atoms with Crippen LogP contribution in [0.15, 0.2) is 0 Å². The molecular formula is C10H16F2N2O2. The predicted molar refractivity (Wildman–Crippen MR) is 53.9 cm³/mol. The van der Waals surface area contributed by atoms with Gasteiger partial charge in [-0.1, -0.05) is 6.92 Å². The standard InChI is InChI=1S/C10H16F2N2O2/c1-3-10(2,7-13)14-9(15)4-5-16-6-8(11)12/h8H,3-6H2,1-2H3,(H,14,15). The monoisotopic (exact) mass is 234 g/mol. The van der Waals surface area contributed by atoms with Crippen LogP contribution in [0.2, 0.25) is 0 Å². The third-order valence-electron chi connectivity index (χ3n) is 2.09. The van der Waals surface area contributed by atoms with Gasteiger partial charge in [0.15, 0.2) is 0 Å². The highest BCUT2D eigenvalue weighted by molar-refractivity contribution is 5.77. The predicted octanol–water partition coefficient (Wildman–Crippen LogP) is 1.47. The molecule has 1 amide bonds. The van der Waals surface area contributed by atoms with Gasteiger partial charge >= 0.3 is 0 Å². The van der Waals surface area contributed by atoms with Gasteiger partial charge in [-0.15, -0.1) is 0 Å². The SMILES string of the molecule is CCC(C)(C#N)NC(=O)CCOCC(F)F. The minimum absolute atomic E-state index is 0.0238. The zero-order valence-electron chi connectivity index (χ0n) is 9.43. The Labute approximate surface area is 93.6 Å². The number of nitriles is 1. The summed E-state index contributed by atoms with van der Waals surface area (Å²) < 4.78 is 27.9. The van der Waals surface area contributed by atoms with Gasteiger partial charge in [0.2, 0.25) is 5.91 Å². The first kappa shape index (κ1) is 14.8. The first-order valence-electron chi connectivity index (χ1n) is 5.01. The van der Waals surface area contributed by atoms with Crippen LogP contribution in [-0.2, 0) is 9.53 Å². The topological polar surface area (TPSA) is 62.1 Å². The number of carbonyl (C=O) groups is 1. The van der Waals surface area contributed by atoms with Gasteiger partial charge in [0, 0.05) is 0 Å². The Bertz CT molecular complexity index is 266. The first-order chi connectivity index (χ1) is 7.43. The number of ether oxygens (including phenoxy) is 1. The van der Waals surface area contributed by atoms with Crippen LogP contribution in [0.25, 0.3) is 0 Å². The lowest BCUT2D eigenvalue weighted by atomic mass is 10.0. The highest BCUT2D eigenvalue weighted by Crippen LogP contribution is 2.07. The summed E-state index contributed by atoms with van der Waals surface area (Å²) in [7, 11) is 0. The lowest BCUT2D eigenvalue weighted by Gasteiger charge is -2.21. The fourth-order valence-electron chi connectivity index (χ4n) is 0.903. The molecule has 0 fully saturated rings. The molecule has 0 radical (unpaired) electrons. The molecule has 0 spiro atoms. The minimum atomic E-state index is -2.52. The van der Waals surface area contributed by atoms with Gasteiger partial charge in [-0.05, 0) is 13.3 Å². The lowest BCUT2D eigenvalue weighted by molar-refractivity contribution is -0.123. The van der Waals surface area contributed by atoms with E-state index in [9.17, 15) is 13.6 Å². The van der Waals surface area contributed by atoms with Gasteiger partial charge in [0.05, 0.1) is 19.1 Å². The Morgan fingerprint density at radius 1 is 1.62 bits per heavy atom. The molecular weight excluding hydrogens is 218 g/mol. The van der Waals surface area contributed by atoms with Gasteiger partial charge in [0.25, 0.3) is 6.43 Å². The van der Waals surface area contributed by atoms with Crippen molar-refractivity contribution >= 4 is 5.91 Å². The van der Waals surface area contributed by atoms with Crippen molar-refractivity contribution in [2.24, 2.45) is 0 Å². The maximum Gasteiger partial charge on any atom is 0.261 e. The van der Waals surface area contributed by atoms with Gasteiger partial charge in [-0.2, -0.15) is 5.26 Å². The Morgan fingerprint density at radius 3 is 2.69 bits per heavy atom. The van der Waals surface area contributed by atoms with Crippen molar-refractivity contribution in [3.63, 3.8) is 0 Å². The molecule has 92 valence electrons. The van der Waals surface area contributed by atoms with E-state index in [2.05, 4.69) is 10.1 Å². The van der Waals surface area contributed by atoms with Crippen molar-refractivity contribution in [2.75, 3.05) is 13.2 Å². The molecule has 1 unspecified atom stereocenters. The summed E-state index contributed by atoms with van der Waals surface area (Å²) in [4.78, 5) is 11.3. The van der Waals surface area contributed by atoms with Crippen LogP contribution in [0.1, 0.15) is 26.7 Å². The summed E-state index contributed by atoms with van der Waals surface area (Å²) in [5.41, 5.74) is -0.903. The zero-order valence-corrected chi connectivity index (χ0v) is 9.43. The van der Waals surface area contributed by atoms with E-state index in [0.29, 0.717) is 6.42 Å². The van der Waals surface area contributed by atoms with Crippen LogP contribution in [0.4, 0.5) is 8.78 Å². The molecule has 0 aromatic rings. The van der Waals surface area contributed by atoms with E-state index in [1.54, 1.807) is 13.8 Å². The minimum Gasteiger partial charge on any atom is -0.375 e. The Morgan fingerprint density at radius 2 is 2.25 bits per heavy atom. The highest BCUT2D eigenvalue weighted by Gasteiger charge is 2.23. The second-order valence-electron chi connectivity index (χ2n) is 3.56. The molecule has 1 N–H and O–H groups in total. The number of halogens is 2. The molecule has 1 atom stereocenters. The van der Waals surface area contributed by atoms with E-state index < -0.39 is 18.6 Å². The molecule has 0 aromatic heterocycles. The highest BCUT2D eigenvalue weighted by atomic mass is 19.3. The van der Waals surface area contributed by atoms with Crippen molar-refractivity contribution in [2.45, 2.75) is 38.7 Å². The summed E-state index contributed by atoms with van der Waals surface area (Å²) >= 11 is 0. The largest absolute Gasteiger partial charge is 0.375 e. The fourth-order valence-corrected chi connectivity index (χ4v) is 0.903. The molecule has 0 saturated carbocycles. The number of alkyl halides is 2. The summed E-state index contributed by atoms with van der Waals surface area (Å²) in [5, 5.41) is 11.3. The fraction of sp³-hybridized carbons (Fsp3) is 0.800. The molecule has 0 aliphatic rings. The van der Waals surface area contributed by atoms with Crippen molar-refractivity contribution in [3.05, 3.63) is 0 Å². The second kappa shape index (κ2) is 7.12. The van der Waals surface area contributed by atoms with Crippen LogP contribution < -0.4 is 5.32 Å². The number of rotatable bonds is 7. The molecule has 6 heteroatoms. The number of hydrogen-bond donors (Lipinski definition) is 1. The molecule has 0 bridgehead atoms. The average molecular weight is 234 g/mol. The second-order valence-corrected chi connectivity index (χ2v) is 3.56. The summed E-state index contributed by atoms with van der Waals surface area (Å²) in [5.74, 6) is -0.375. The van der Waals surface area contributed by atoms with E-state index in [4.69, 9.17) is 5.26 Å². The smallest absolute Gasteiger partial charge is 0.261 e. The van der Waals surface area contributed by atoms with E-state index in [-0.39, 0.29) is 18.9 Å². The van der Waals surface area contributed by atoms with Crippen molar-refractivity contribution in [3.8, 4) is 6.07 Å². The normalized spacial score (nSPS) is 14.2. The zero-order chi connectivity index (χ0) is 12.6. The maximum atomic E-state index is 11.7. The maximum absolute atomic E-state index is 11.7. The van der Waals surface area contributed by atoms with Gasteiger partial charge in [0.1, 0.15) is 12.1 Å². The first-order valence-corrected chi connectivity index (χ1v) is 5.01. The van der Waals surface area contributed by atoms with Gasteiger partial charge in [-0.3, -0.25) is 4.79 Å². The van der Waals surface area contributed by atoms with Gasteiger partial charge in [-0.25, -0.2) is 8.78 Å². The third-order valence-corrected chi connectivity index (χ3v) is 2.09. The summed E-state index contributed by atoms with van der Waals surface area (Å²) in [6.07, 6.45) is -2.07. The Balaban J connectivity index is 3.79. The van der Waals surface area contributed by atoms with Crippen LogP contribution in [-0.4, -0.2) is 31.1 Å². The average Bonchev–Trinajstić information content (AvgIpc) is 2.24. The Kier molecular flexibility index (Phi) is 6.58. The van der Waals surface area contributed by atoms with E-state index in [0.717, 1.165) is 0 Å². The number of amides is 1. The van der Waals surface area contributed by atoms with Crippen molar-refractivity contribution < 1.29 is 18.3 Å². The van der Waals surface area contributed by atoms with Crippen molar-refractivity contribution in [1.82, 2.24) is 5.32 Å². The molecule has 0 rings (SSSR count). The number of carbonyl (C=O) groups excluding carboxylic acids is 1. The molecule has 0 aromatic carbocycles. The van der Waals surface area contributed by atoms with E-state index in [1.165, 1.54) is 0 Å². The van der Waals surface area contributed by atoms with Crippen LogP contribution in [0.5, 0.6) is 0 Å². The molecule has 0 aliphatic carbocycles. The third kappa shape index (κ3) is 6.30. The van der Waals surface area contributed by atoms with Crippen LogP contribution in [0.3, 0.4) is 0 Å². The summed E-state index contributed by atoms with van der Waals surface area (Å²) in [6, 6.07) is 1.97. The molecule has 16 heavy (non-hydrogen) atoms. The lowest BCUT2D eigenvalue weighted by Crippen LogP contribution is -2.44. The molecule has 4 nitrogen and oxygen atoms in total. The van der Waals surface area contributed by atoms with E-state index in [1.807, 2.05) is 6.07 Å². The van der Waals surface area contributed by atoms with Crippen LogP contribution in [0, 0.1) is 11.3 Å². The molecule has 0 heterocycles. The van der Waals surface area contributed by atoms with E-state index >= 15 is 0 Å².